The Morgan fingerprint density at radius 3 is 2.70 bits per heavy atom. The van der Waals surface area contributed by atoms with Crippen LogP contribution in [0.3, 0.4) is 0 Å². The van der Waals surface area contributed by atoms with E-state index in [0.717, 1.165) is 17.0 Å². The molecule has 5 N–H and O–H groups in total. The van der Waals surface area contributed by atoms with Crippen molar-refractivity contribution in [1.82, 2.24) is 20.0 Å². The average Bonchev–Trinajstić information content (AvgIpc) is 2.81. The summed E-state index contributed by atoms with van der Waals surface area (Å²) < 4.78 is 1.56. The number of rotatable bonds is 4. The largest absolute Gasteiger partial charge is 0.365 e. The molecule has 0 aliphatic carbocycles. The highest BCUT2D eigenvalue weighted by atomic mass is 16.2. The van der Waals surface area contributed by atoms with Crippen molar-refractivity contribution in [2.45, 2.75) is 26.7 Å². The zero-order valence-corrected chi connectivity index (χ0v) is 11.3. The molecule has 0 spiro atoms. The van der Waals surface area contributed by atoms with Gasteiger partial charge in [-0.25, -0.2) is 15.3 Å². The van der Waals surface area contributed by atoms with Crippen LogP contribution in [0.25, 0.3) is 5.65 Å². The molecule has 20 heavy (non-hydrogen) atoms. The van der Waals surface area contributed by atoms with Crippen molar-refractivity contribution >= 4 is 17.5 Å². The molecule has 0 saturated heterocycles. The number of aromatic nitrogens is 3. The van der Waals surface area contributed by atoms with E-state index in [0.29, 0.717) is 12.1 Å². The number of nitrogens with one attached hydrogen (secondary N) is 1. The van der Waals surface area contributed by atoms with Gasteiger partial charge in [0.05, 0.1) is 6.20 Å². The first kappa shape index (κ1) is 13.9. The molecule has 0 atom stereocenters. The molecule has 0 radical (unpaired) electrons. The second-order valence-electron chi connectivity index (χ2n) is 4.49. The van der Waals surface area contributed by atoms with Gasteiger partial charge in [0.25, 0.3) is 5.91 Å². The summed E-state index contributed by atoms with van der Waals surface area (Å²) in [5, 5.41) is 4.12. The van der Waals surface area contributed by atoms with E-state index in [1.54, 1.807) is 4.52 Å². The van der Waals surface area contributed by atoms with Crippen molar-refractivity contribution in [3.8, 4) is 0 Å². The quantitative estimate of drug-likeness (QED) is 0.389. The molecule has 0 aromatic carbocycles. The van der Waals surface area contributed by atoms with Gasteiger partial charge in [0.15, 0.2) is 5.65 Å². The maximum Gasteiger partial charge on any atom is 0.254 e. The van der Waals surface area contributed by atoms with Crippen LogP contribution in [-0.4, -0.2) is 26.4 Å². The molecule has 0 unspecified atom stereocenters. The summed E-state index contributed by atoms with van der Waals surface area (Å²) in [5.74, 6) is 4.24. The third-order valence-corrected chi connectivity index (χ3v) is 3.24. The lowest BCUT2D eigenvalue weighted by Gasteiger charge is -2.10. The summed E-state index contributed by atoms with van der Waals surface area (Å²) in [6, 6.07) is 0. The van der Waals surface area contributed by atoms with Gasteiger partial charge in [0, 0.05) is 17.8 Å². The van der Waals surface area contributed by atoms with E-state index >= 15 is 0 Å². The number of carbonyl (C=O) groups excluding carboxylic acids is 2. The molecule has 2 heterocycles. The number of fused-ring (bicyclic) bond motifs is 1. The summed E-state index contributed by atoms with van der Waals surface area (Å²) in [6.45, 7) is 3.68. The Bertz CT molecular complexity index is 691. The van der Waals surface area contributed by atoms with Crippen LogP contribution in [0.5, 0.6) is 0 Å². The first-order chi connectivity index (χ1) is 9.45. The lowest BCUT2D eigenvalue weighted by atomic mass is 10.1. The number of hydrogen-bond donors (Lipinski definition) is 3. The van der Waals surface area contributed by atoms with Crippen LogP contribution in [0.2, 0.25) is 0 Å². The van der Waals surface area contributed by atoms with Crippen LogP contribution < -0.4 is 17.0 Å². The van der Waals surface area contributed by atoms with Crippen LogP contribution in [0.1, 0.15) is 33.7 Å². The lowest BCUT2D eigenvalue weighted by molar-refractivity contribution is -0.121. The van der Waals surface area contributed by atoms with Crippen molar-refractivity contribution in [2.24, 2.45) is 11.6 Å². The normalized spacial score (nSPS) is 10.8. The average molecular weight is 276 g/mol. The van der Waals surface area contributed by atoms with Crippen molar-refractivity contribution in [1.29, 1.82) is 0 Å². The highest BCUT2D eigenvalue weighted by Crippen LogP contribution is 2.18. The Kier molecular flexibility index (Phi) is 3.66. The summed E-state index contributed by atoms with van der Waals surface area (Å²) in [4.78, 5) is 26.9. The van der Waals surface area contributed by atoms with Crippen LogP contribution >= 0.6 is 0 Å². The zero-order valence-electron chi connectivity index (χ0n) is 11.3. The van der Waals surface area contributed by atoms with Crippen LogP contribution in [-0.2, 0) is 11.2 Å². The van der Waals surface area contributed by atoms with Crippen molar-refractivity contribution in [3.63, 3.8) is 0 Å². The second kappa shape index (κ2) is 5.25. The number of nitrogens with two attached hydrogens (primary N) is 2. The number of hydrogen-bond acceptors (Lipinski definition) is 5. The Labute approximate surface area is 115 Å². The maximum absolute atomic E-state index is 11.3. The van der Waals surface area contributed by atoms with Gasteiger partial charge in [0.2, 0.25) is 5.91 Å². The third kappa shape index (κ3) is 2.32. The van der Waals surface area contributed by atoms with E-state index in [1.807, 2.05) is 13.8 Å². The van der Waals surface area contributed by atoms with Crippen LogP contribution in [0.4, 0.5) is 0 Å². The van der Waals surface area contributed by atoms with Gasteiger partial charge < -0.3 is 5.73 Å². The standard InChI is InChI=1S/C12H16N6O2/c1-6-8(3-4-10(19)17-14)7(2)18-12(16-6)9(5-15-18)11(13)20/h5H,3-4,14H2,1-2H3,(H2,13,20)(H,17,19). The molecule has 0 saturated carbocycles. The Hall–Kier alpha value is -2.48. The SMILES string of the molecule is Cc1nc2c(C(N)=O)cnn2c(C)c1CCC(=O)NN. The summed E-state index contributed by atoms with van der Waals surface area (Å²) >= 11 is 0. The molecule has 0 fully saturated rings. The minimum atomic E-state index is -0.568. The Morgan fingerprint density at radius 2 is 2.10 bits per heavy atom. The van der Waals surface area contributed by atoms with Gasteiger partial charge in [-0.15, -0.1) is 0 Å². The molecular weight excluding hydrogens is 260 g/mol. The van der Waals surface area contributed by atoms with Gasteiger partial charge in [-0.3, -0.25) is 15.0 Å². The van der Waals surface area contributed by atoms with E-state index in [9.17, 15) is 9.59 Å². The molecule has 2 aromatic heterocycles. The summed E-state index contributed by atoms with van der Waals surface area (Å²) in [6.07, 6.45) is 2.15. The molecule has 8 heteroatoms. The van der Waals surface area contributed by atoms with Crippen molar-refractivity contribution < 1.29 is 9.59 Å². The van der Waals surface area contributed by atoms with Crippen molar-refractivity contribution in [3.05, 3.63) is 28.7 Å². The zero-order chi connectivity index (χ0) is 14.9. The topological polar surface area (TPSA) is 128 Å². The fourth-order valence-electron chi connectivity index (χ4n) is 2.16. The van der Waals surface area contributed by atoms with E-state index in [4.69, 9.17) is 11.6 Å². The van der Waals surface area contributed by atoms with Gasteiger partial charge >= 0.3 is 0 Å². The molecular formula is C12H16N6O2. The Morgan fingerprint density at radius 1 is 1.40 bits per heavy atom. The number of carbonyl (C=O) groups is 2. The van der Waals surface area contributed by atoms with E-state index in [1.165, 1.54) is 6.20 Å². The minimum Gasteiger partial charge on any atom is -0.365 e. The molecule has 8 nitrogen and oxygen atoms in total. The smallest absolute Gasteiger partial charge is 0.254 e. The number of primary amides is 1. The maximum atomic E-state index is 11.3. The summed E-state index contributed by atoms with van der Waals surface area (Å²) in [7, 11) is 0. The highest BCUT2D eigenvalue weighted by Gasteiger charge is 2.16. The van der Waals surface area contributed by atoms with Crippen LogP contribution in [0.15, 0.2) is 6.20 Å². The molecule has 0 aliphatic heterocycles. The number of nitrogens with zero attached hydrogens (tertiary/aromatic N) is 3. The molecule has 2 rings (SSSR count). The van der Waals surface area contributed by atoms with Gasteiger partial charge in [-0.05, 0) is 25.8 Å². The van der Waals surface area contributed by atoms with Gasteiger partial charge in [-0.1, -0.05) is 0 Å². The molecule has 2 amide bonds. The fraction of sp³-hybridized carbons (Fsp3) is 0.333. The van der Waals surface area contributed by atoms with Crippen LogP contribution in [0, 0.1) is 13.8 Å². The second-order valence-corrected chi connectivity index (χ2v) is 4.49. The number of aryl methyl sites for hydroxylation is 2. The predicted molar refractivity (Wildman–Crippen MR) is 71.6 cm³/mol. The minimum absolute atomic E-state index is 0.248. The predicted octanol–water partition coefficient (Wildman–Crippen LogP) is -0.632. The molecule has 0 aliphatic rings. The van der Waals surface area contributed by atoms with E-state index in [-0.39, 0.29) is 17.9 Å². The van der Waals surface area contributed by atoms with Gasteiger partial charge in [0.1, 0.15) is 5.56 Å². The molecule has 0 bridgehead atoms. The van der Waals surface area contributed by atoms with E-state index < -0.39 is 5.91 Å². The first-order valence-corrected chi connectivity index (χ1v) is 6.08. The van der Waals surface area contributed by atoms with E-state index in [2.05, 4.69) is 15.5 Å². The highest BCUT2D eigenvalue weighted by molar-refractivity contribution is 5.98. The number of hydrazine groups is 1. The summed E-state index contributed by atoms with van der Waals surface area (Å²) in [5.41, 5.74) is 10.5. The number of amides is 2. The molecule has 106 valence electrons. The molecule has 2 aromatic rings. The fourth-order valence-corrected chi connectivity index (χ4v) is 2.16. The van der Waals surface area contributed by atoms with Crippen molar-refractivity contribution in [2.75, 3.05) is 0 Å². The lowest BCUT2D eigenvalue weighted by Crippen LogP contribution is -2.30. The third-order valence-electron chi connectivity index (χ3n) is 3.24. The van der Waals surface area contributed by atoms with Gasteiger partial charge in [-0.2, -0.15) is 5.10 Å². The monoisotopic (exact) mass is 276 g/mol. The first-order valence-electron chi connectivity index (χ1n) is 6.08. The Balaban J connectivity index is 2.47.